The number of carbonyl (C=O) groups is 1. The Morgan fingerprint density at radius 2 is 1.47 bits per heavy atom. The van der Waals surface area contributed by atoms with Gasteiger partial charge in [-0.15, -0.1) is 0 Å². The van der Waals surface area contributed by atoms with E-state index < -0.39 is 35.9 Å². The number of hydrogen-bond donors (Lipinski definition) is 2. The van der Waals surface area contributed by atoms with Crippen molar-refractivity contribution in [3.05, 3.63) is 125 Å². The average molecular weight is 820 g/mol. The molecule has 0 unspecified atom stereocenters. The molecule has 0 radical (unpaired) electrons. The Labute approximate surface area is 328 Å². The molecule has 15 heteroatoms. The normalized spacial score (nSPS) is 13.0. The molecule has 0 aromatic heterocycles. The molecule has 0 bridgehead atoms. The van der Waals surface area contributed by atoms with Crippen molar-refractivity contribution in [2.45, 2.75) is 65.0 Å². The zero-order chi connectivity index (χ0) is 41.5. The van der Waals surface area contributed by atoms with Gasteiger partial charge in [-0.3, -0.25) is 4.79 Å². The Balaban J connectivity index is 1.55. The number of para-hydroxylation sites is 2. The van der Waals surface area contributed by atoms with E-state index >= 15 is 0 Å². The van der Waals surface area contributed by atoms with Gasteiger partial charge < -0.3 is 14.5 Å². The molecule has 4 aromatic carbocycles. The third-order valence-electron chi connectivity index (χ3n) is 9.78. The molecule has 6 rings (SSSR count). The summed E-state index contributed by atoms with van der Waals surface area (Å²) in [6.07, 6.45) is 0.600. The maximum absolute atomic E-state index is 13.5. The minimum atomic E-state index is -6.30. The molecule has 4 aromatic rings. The van der Waals surface area contributed by atoms with E-state index in [0.29, 0.717) is 39.7 Å². The standard InChI is InChI=1S/C42H40F3N3O7S2/c1-7-41(5,6)40(49)54-24-28-15-11-14-27(4)39(28)47-30-19-21-32-35(23-30)55-34-22-29(46-38-25(2)12-10-13-26(38)3)18-20-31(34)37(32)33-16-8-9-17-36(33)56(50,51)48-57(52,53)42(43,44)45/h8-23,47-48H,7,24H2,1-6H3. The number of fused-ring (bicyclic) bond motifs is 2. The van der Waals surface area contributed by atoms with Crippen LogP contribution in [0.3, 0.4) is 0 Å². The Morgan fingerprint density at radius 1 is 0.807 bits per heavy atom. The monoisotopic (exact) mass is 819 g/mol. The van der Waals surface area contributed by atoms with E-state index in [2.05, 4.69) is 5.32 Å². The number of anilines is 2. The number of rotatable bonds is 11. The Hall–Kier alpha value is -5.51. The van der Waals surface area contributed by atoms with Crippen LogP contribution in [0.25, 0.3) is 33.4 Å². The number of ether oxygens (including phenoxy) is 1. The number of esters is 1. The molecule has 1 heterocycles. The third kappa shape index (κ3) is 8.46. The van der Waals surface area contributed by atoms with Crippen LogP contribution in [0.1, 0.15) is 49.4 Å². The molecule has 0 saturated heterocycles. The first-order chi connectivity index (χ1) is 26.7. The lowest BCUT2D eigenvalue weighted by atomic mass is 9.91. The smallest absolute Gasteiger partial charge is 0.460 e. The van der Waals surface area contributed by atoms with Crippen molar-refractivity contribution in [3.63, 3.8) is 0 Å². The van der Waals surface area contributed by atoms with Gasteiger partial charge in [-0.1, -0.05) is 65.6 Å². The van der Waals surface area contributed by atoms with Gasteiger partial charge in [-0.05, 0) is 88.1 Å². The van der Waals surface area contributed by atoms with Crippen LogP contribution >= 0.6 is 0 Å². The van der Waals surface area contributed by atoms with E-state index in [1.54, 1.807) is 36.4 Å². The molecule has 0 fully saturated rings. The van der Waals surface area contributed by atoms with Gasteiger partial charge >= 0.3 is 21.5 Å². The quantitative estimate of drug-likeness (QED) is 0.0972. The average Bonchev–Trinajstić information content (AvgIpc) is 3.14. The summed E-state index contributed by atoms with van der Waals surface area (Å²) in [5.41, 5.74) is -0.338. The highest BCUT2D eigenvalue weighted by atomic mass is 32.3. The Bertz CT molecular complexity index is 2780. The zero-order valence-corrected chi connectivity index (χ0v) is 33.5. The topological polar surface area (TPSA) is 144 Å². The van der Waals surface area contributed by atoms with Gasteiger partial charge in [0.05, 0.1) is 21.4 Å². The summed E-state index contributed by atoms with van der Waals surface area (Å²) in [7, 11) is -11.6. The van der Waals surface area contributed by atoms with E-state index in [1.165, 1.54) is 18.2 Å². The highest BCUT2D eigenvalue weighted by molar-refractivity contribution is 8.05. The summed E-state index contributed by atoms with van der Waals surface area (Å²) in [4.78, 5) is 16.9. The highest BCUT2D eigenvalue weighted by Gasteiger charge is 2.48. The number of carbonyl (C=O) groups excluding carboxylic acids is 1. The first-order valence-corrected chi connectivity index (χ1v) is 20.8. The second-order valence-electron chi connectivity index (χ2n) is 14.3. The molecular weight excluding hydrogens is 780 g/mol. The van der Waals surface area contributed by atoms with Gasteiger partial charge in [-0.25, -0.2) is 21.8 Å². The molecule has 2 N–H and O–H groups in total. The molecule has 1 aliphatic heterocycles. The molecule has 0 spiro atoms. The number of hydrogen-bond acceptors (Lipinski definition) is 9. The fourth-order valence-corrected chi connectivity index (χ4v) is 8.84. The van der Waals surface area contributed by atoms with E-state index in [4.69, 9.17) is 14.1 Å². The number of aryl methyl sites for hydroxylation is 3. The molecule has 1 aliphatic carbocycles. The van der Waals surface area contributed by atoms with Crippen molar-refractivity contribution < 1.29 is 44.0 Å². The summed E-state index contributed by atoms with van der Waals surface area (Å²) in [6, 6.07) is 26.6. The van der Waals surface area contributed by atoms with Gasteiger partial charge in [0.2, 0.25) is 0 Å². The number of nitrogens with one attached hydrogen (secondary N) is 2. The first-order valence-electron chi connectivity index (χ1n) is 17.8. The number of sulfonamides is 2. The van der Waals surface area contributed by atoms with E-state index in [9.17, 15) is 34.8 Å². The summed E-state index contributed by atoms with van der Waals surface area (Å²) in [5, 5.41) is 4.28. The van der Waals surface area contributed by atoms with Crippen LogP contribution in [0.5, 0.6) is 0 Å². The summed E-state index contributed by atoms with van der Waals surface area (Å²) < 4.78 is 104. The summed E-state index contributed by atoms with van der Waals surface area (Å²) >= 11 is 0. The van der Waals surface area contributed by atoms with Gasteiger partial charge in [0.25, 0.3) is 10.0 Å². The number of nitrogens with zero attached hydrogens (tertiary/aromatic N) is 1. The number of halogens is 3. The largest absolute Gasteiger partial charge is 0.512 e. The van der Waals surface area contributed by atoms with Crippen LogP contribution in [0.15, 0.2) is 111 Å². The van der Waals surface area contributed by atoms with Crippen LogP contribution in [0, 0.1) is 26.2 Å². The fourth-order valence-electron chi connectivity index (χ4n) is 6.23. The second kappa shape index (κ2) is 15.4. The van der Waals surface area contributed by atoms with Crippen LogP contribution in [-0.4, -0.2) is 28.3 Å². The van der Waals surface area contributed by atoms with Crippen molar-refractivity contribution in [3.8, 4) is 22.5 Å². The van der Waals surface area contributed by atoms with Crippen molar-refractivity contribution in [1.29, 1.82) is 0 Å². The maximum atomic E-state index is 13.5. The molecular formula is C42H40F3N3O7S2. The minimum Gasteiger partial charge on any atom is -0.460 e. The van der Waals surface area contributed by atoms with Gasteiger partial charge in [-0.2, -0.15) is 13.2 Å². The molecule has 57 heavy (non-hydrogen) atoms. The lowest BCUT2D eigenvalue weighted by Gasteiger charge is -2.22. The van der Waals surface area contributed by atoms with Crippen LogP contribution in [-0.2, 0) is 36.2 Å². The molecule has 10 nitrogen and oxygen atoms in total. The minimum absolute atomic E-state index is 0.00894. The van der Waals surface area contributed by atoms with Crippen molar-refractivity contribution in [1.82, 2.24) is 4.13 Å². The van der Waals surface area contributed by atoms with Crippen molar-refractivity contribution >= 4 is 54.0 Å². The first kappa shape index (κ1) is 41.1. The molecule has 0 saturated carbocycles. The molecule has 2 aliphatic rings. The van der Waals surface area contributed by atoms with Crippen LogP contribution in [0.4, 0.5) is 30.2 Å². The predicted octanol–water partition coefficient (Wildman–Crippen LogP) is 9.71. The molecule has 0 atom stereocenters. The summed E-state index contributed by atoms with van der Waals surface area (Å²) in [6.45, 7) is 11.3. The van der Waals surface area contributed by atoms with Crippen LogP contribution < -0.4 is 14.8 Å². The van der Waals surface area contributed by atoms with E-state index in [0.717, 1.165) is 32.6 Å². The van der Waals surface area contributed by atoms with E-state index in [-0.39, 0.29) is 35.0 Å². The SMILES string of the molecule is CCC(C)(C)C(=O)OCc1cccc(C)c1Nc1ccc2c(-c3ccccc3S(=O)(=O)NS(=O)(=O)C(F)(F)F)c3ccc(=Nc4c(C)cccc4C)cc-3oc2c1. The van der Waals surface area contributed by atoms with E-state index in [1.807, 2.05) is 77.9 Å². The number of benzene rings is 5. The molecule has 298 valence electrons. The fraction of sp³-hybridized carbons (Fsp3) is 0.238. The van der Waals surface area contributed by atoms with Crippen molar-refractivity contribution in [2.24, 2.45) is 10.4 Å². The van der Waals surface area contributed by atoms with Gasteiger partial charge in [0, 0.05) is 51.1 Å². The molecule has 0 amide bonds. The lowest BCUT2D eigenvalue weighted by molar-refractivity contribution is -0.155. The second-order valence-corrected chi connectivity index (χ2v) is 17.9. The van der Waals surface area contributed by atoms with Crippen LogP contribution in [0.2, 0.25) is 0 Å². The Morgan fingerprint density at radius 3 is 2.16 bits per heavy atom. The summed E-state index contributed by atoms with van der Waals surface area (Å²) in [5.74, 6) is -0.0780. The predicted molar refractivity (Wildman–Crippen MR) is 213 cm³/mol. The third-order valence-corrected chi connectivity index (χ3v) is 13.1. The van der Waals surface area contributed by atoms with Crippen molar-refractivity contribution in [2.75, 3.05) is 5.32 Å². The zero-order valence-electron chi connectivity index (χ0n) is 31.9. The van der Waals surface area contributed by atoms with Gasteiger partial charge in [0.15, 0.2) is 0 Å². The maximum Gasteiger partial charge on any atom is 0.512 e. The number of alkyl halides is 3. The lowest BCUT2D eigenvalue weighted by Crippen LogP contribution is -2.40. The Kier molecular flexibility index (Phi) is 11.1. The highest BCUT2D eigenvalue weighted by Crippen LogP contribution is 2.43. The van der Waals surface area contributed by atoms with Gasteiger partial charge in [0.1, 0.15) is 18.0 Å².